The van der Waals surface area contributed by atoms with E-state index >= 15 is 0 Å². The Balaban J connectivity index is 3.95. The zero-order valence-electron chi connectivity index (χ0n) is 13.3. The highest BCUT2D eigenvalue weighted by atomic mass is 15.0. The molecule has 102 valence electrons. The van der Waals surface area contributed by atoms with Crippen molar-refractivity contribution in [3.63, 3.8) is 0 Å². The monoisotopic (exact) mass is 239 g/mol. The third-order valence-electron chi connectivity index (χ3n) is 2.55. The lowest BCUT2D eigenvalue weighted by atomic mass is 9.91. The highest BCUT2D eigenvalue weighted by molar-refractivity contribution is 4.91. The quantitative estimate of drug-likeness (QED) is 0.671. The van der Waals surface area contributed by atoms with Gasteiger partial charge >= 0.3 is 0 Å². The maximum absolute atomic E-state index is 3.67. The summed E-state index contributed by atoms with van der Waals surface area (Å²) in [7, 11) is 0. The summed E-state index contributed by atoms with van der Waals surface area (Å²) in [6.45, 7) is 18.1. The maximum Gasteiger partial charge on any atom is 0.0132 e. The van der Waals surface area contributed by atoms with Crippen LogP contribution < -0.4 is 5.32 Å². The third-order valence-corrected chi connectivity index (χ3v) is 2.55. The predicted molar refractivity (Wildman–Crippen MR) is 79.4 cm³/mol. The molecule has 0 spiro atoms. The van der Waals surface area contributed by atoms with Crippen molar-refractivity contribution in [2.45, 2.75) is 85.7 Å². The van der Waals surface area contributed by atoms with Crippen molar-refractivity contribution in [1.82, 2.24) is 5.32 Å². The molecule has 0 saturated carbocycles. The first-order valence-electron chi connectivity index (χ1n) is 6.86. The number of rotatable bonds is 5. The van der Waals surface area contributed by atoms with Gasteiger partial charge in [0.15, 0.2) is 0 Å². The van der Waals surface area contributed by atoms with Gasteiger partial charge in [-0.1, -0.05) is 32.9 Å². The van der Waals surface area contributed by atoms with Gasteiger partial charge in [0, 0.05) is 11.1 Å². The molecular weight excluding hydrogens is 206 g/mol. The van der Waals surface area contributed by atoms with E-state index in [1.54, 1.807) is 0 Å². The Bertz CT molecular complexity index is 235. The molecular formula is C16H33N. The van der Waals surface area contributed by atoms with Crippen molar-refractivity contribution >= 4 is 0 Å². The van der Waals surface area contributed by atoms with Gasteiger partial charge in [-0.2, -0.15) is 0 Å². The second kappa shape index (κ2) is 6.04. The maximum atomic E-state index is 3.67. The Labute approximate surface area is 109 Å². The van der Waals surface area contributed by atoms with Gasteiger partial charge in [0.25, 0.3) is 0 Å². The standard InChI is InChI=1S/C16H33N/c1-14(2,3)12-10-9-11-13-16(7,8)17-15(4,5)6/h9-10,17H,11-13H2,1-8H3/b10-9-. The number of hydrogen-bond acceptors (Lipinski definition) is 1. The van der Waals surface area contributed by atoms with Gasteiger partial charge in [-0.3, -0.25) is 0 Å². The minimum atomic E-state index is 0.193. The molecule has 0 aliphatic rings. The lowest BCUT2D eigenvalue weighted by Crippen LogP contribution is -2.50. The van der Waals surface area contributed by atoms with Crippen LogP contribution in [-0.4, -0.2) is 11.1 Å². The first-order valence-corrected chi connectivity index (χ1v) is 6.86. The molecule has 1 heteroatoms. The molecule has 0 saturated heterocycles. The minimum Gasteiger partial charge on any atom is -0.307 e. The normalized spacial score (nSPS) is 14.6. The van der Waals surface area contributed by atoms with Crippen LogP contribution >= 0.6 is 0 Å². The van der Waals surface area contributed by atoms with E-state index in [4.69, 9.17) is 0 Å². The van der Waals surface area contributed by atoms with Gasteiger partial charge in [0.1, 0.15) is 0 Å². The van der Waals surface area contributed by atoms with Gasteiger partial charge in [0.2, 0.25) is 0 Å². The molecule has 0 atom stereocenters. The second-order valence-corrected chi connectivity index (χ2v) is 8.03. The molecule has 0 aliphatic carbocycles. The zero-order valence-corrected chi connectivity index (χ0v) is 13.3. The molecule has 0 aromatic heterocycles. The fourth-order valence-electron chi connectivity index (χ4n) is 2.08. The van der Waals surface area contributed by atoms with Gasteiger partial charge in [-0.05, 0) is 59.3 Å². The van der Waals surface area contributed by atoms with Crippen molar-refractivity contribution in [2.24, 2.45) is 5.41 Å². The van der Waals surface area contributed by atoms with Gasteiger partial charge in [-0.25, -0.2) is 0 Å². The Morgan fingerprint density at radius 3 is 1.76 bits per heavy atom. The molecule has 0 radical (unpaired) electrons. The average Bonchev–Trinajstić information content (AvgIpc) is 1.95. The fraction of sp³-hybridized carbons (Fsp3) is 0.875. The Morgan fingerprint density at radius 2 is 1.35 bits per heavy atom. The van der Waals surface area contributed by atoms with Crippen LogP contribution in [-0.2, 0) is 0 Å². The highest BCUT2D eigenvalue weighted by Crippen LogP contribution is 2.20. The minimum absolute atomic E-state index is 0.193. The SMILES string of the molecule is CC(C)(C)C/C=C\CCC(C)(C)NC(C)(C)C. The summed E-state index contributed by atoms with van der Waals surface area (Å²) in [6, 6.07) is 0. The molecule has 0 fully saturated rings. The molecule has 0 aliphatic heterocycles. The number of allylic oxidation sites excluding steroid dienone is 2. The van der Waals surface area contributed by atoms with Crippen LogP contribution in [0.4, 0.5) is 0 Å². The van der Waals surface area contributed by atoms with Crippen LogP contribution in [0.25, 0.3) is 0 Å². The molecule has 1 nitrogen and oxygen atoms in total. The van der Waals surface area contributed by atoms with Crippen molar-refractivity contribution in [1.29, 1.82) is 0 Å². The summed E-state index contributed by atoms with van der Waals surface area (Å²) < 4.78 is 0. The molecule has 17 heavy (non-hydrogen) atoms. The van der Waals surface area contributed by atoms with E-state index in [1.165, 1.54) is 12.8 Å². The fourth-order valence-corrected chi connectivity index (χ4v) is 2.08. The molecule has 0 aromatic carbocycles. The summed E-state index contributed by atoms with van der Waals surface area (Å²) in [6.07, 6.45) is 8.17. The second-order valence-electron chi connectivity index (χ2n) is 8.03. The van der Waals surface area contributed by atoms with Crippen LogP contribution in [0.1, 0.15) is 74.7 Å². The molecule has 0 heterocycles. The van der Waals surface area contributed by atoms with Crippen molar-refractivity contribution < 1.29 is 0 Å². The average molecular weight is 239 g/mol. The summed E-state index contributed by atoms with van der Waals surface area (Å²) in [5.74, 6) is 0. The summed E-state index contributed by atoms with van der Waals surface area (Å²) in [5, 5.41) is 3.67. The van der Waals surface area contributed by atoms with E-state index in [1.807, 2.05) is 0 Å². The van der Waals surface area contributed by atoms with E-state index in [0.717, 1.165) is 6.42 Å². The van der Waals surface area contributed by atoms with Gasteiger partial charge in [-0.15, -0.1) is 0 Å². The molecule has 0 unspecified atom stereocenters. The molecule has 0 rings (SSSR count). The van der Waals surface area contributed by atoms with Crippen molar-refractivity contribution in [2.75, 3.05) is 0 Å². The topological polar surface area (TPSA) is 12.0 Å². The lowest BCUT2D eigenvalue weighted by molar-refractivity contribution is 0.269. The summed E-state index contributed by atoms with van der Waals surface area (Å²) >= 11 is 0. The molecule has 0 bridgehead atoms. The molecule has 1 N–H and O–H groups in total. The van der Waals surface area contributed by atoms with Gasteiger partial charge in [0.05, 0.1) is 0 Å². The summed E-state index contributed by atoms with van der Waals surface area (Å²) in [4.78, 5) is 0. The Hall–Kier alpha value is -0.300. The third kappa shape index (κ3) is 12.0. The van der Waals surface area contributed by atoms with Crippen molar-refractivity contribution in [3.8, 4) is 0 Å². The lowest BCUT2D eigenvalue weighted by Gasteiger charge is -2.34. The van der Waals surface area contributed by atoms with E-state index in [2.05, 4.69) is 72.9 Å². The first kappa shape index (κ1) is 16.7. The largest absolute Gasteiger partial charge is 0.307 e. The van der Waals surface area contributed by atoms with Crippen LogP contribution in [0.2, 0.25) is 0 Å². The van der Waals surface area contributed by atoms with Crippen LogP contribution in [0, 0.1) is 5.41 Å². The molecule has 0 amide bonds. The predicted octanol–water partition coefficient (Wildman–Crippen LogP) is 4.93. The highest BCUT2D eigenvalue weighted by Gasteiger charge is 2.22. The van der Waals surface area contributed by atoms with E-state index in [0.29, 0.717) is 5.41 Å². The van der Waals surface area contributed by atoms with Crippen LogP contribution in [0.5, 0.6) is 0 Å². The number of hydrogen-bond donors (Lipinski definition) is 1. The Morgan fingerprint density at radius 1 is 0.824 bits per heavy atom. The summed E-state index contributed by atoms with van der Waals surface area (Å²) in [5.41, 5.74) is 0.818. The zero-order chi connectivity index (χ0) is 13.7. The Kier molecular flexibility index (Phi) is 5.93. The van der Waals surface area contributed by atoms with E-state index in [9.17, 15) is 0 Å². The van der Waals surface area contributed by atoms with Gasteiger partial charge < -0.3 is 5.32 Å². The van der Waals surface area contributed by atoms with E-state index in [-0.39, 0.29) is 11.1 Å². The number of nitrogens with one attached hydrogen (secondary N) is 1. The first-order chi connectivity index (χ1) is 7.41. The van der Waals surface area contributed by atoms with Crippen molar-refractivity contribution in [3.05, 3.63) is 12.2 Å². The molecule has 0 aromatic rings. The van der Waals surface area contributed by atoms with Crippen LogP contribution in [0.3, 0.4) is 0 Å². The van der Waals surface area contributed by atoms with E-state index < -0.39 is 0 Å². The van der Waals surface area contributed by atoms with Crippen LogP contribution in [0.15, 0.2) is 12.2 Å². The smallest absolute Gasteiger partial charge is 0.0132 e.